The van der Waals surface area contributed by atoms with Gasteiger partial charge < -0.3 is 25.1 Å². The van der Waals surface area contributed by atoms with Crippen LogP contribution in [-0.4, -0.2) is 51.6 Å². The summed E-state index contributed by atoms with van der Waals surface area (Å²) >= 11 is 5.82. The maximum Gasteiger partial charge on any atom is 0.342 e. The van der Waals surface area contributed by atoms with Crippen molar-refractivity contribution in [2.45, 2.75) is 82.1 Å². The van der Waals surface area contributed by atoms with E-state index in [9.17, 15) is 19.5 Å². The van der Waals surface area contributed by atoms with Crippen LogP contribution in [0.1, 0.15) is 57.4 Å². The molecule has 6 saturated carbocycles. The summed E-state index contributed by atoms with van der Waals surface area (Å²) in [7, 11) is 0. The van der Waals surface area contributed by atoms with E-state index in [1.54, 1.807) is 12.1 Å². The number of ether oxygens (including phenoxy) is 3. The number of hydrogen-bond acceptors (Lipinski definition) is 8. The summed E-state index contributed by atoms with van der Waals surface area (Å²) < 4.78 is 32.3. The average molecular weight is 551 g/mol. The predicted octanol–water partition coefficient (Wildman–Crippen LogP) is 3.41. The number of nitrogens with two attached hydrogens (primary N) is 1. The fourth-order valence-corrected chi connectivity index (χ4v) is 8.51. The van der Waals surface area contributed by atoms with Gasteiger partial charge in [-0.25, -0.2) is 19.0 Å². The number of carboxylic acids is 1. The average Bonchev–Trinajstić information content (AvgIpc) is 3.33. The van der Waals surface area contributed by atoms with E-state index in [1.807, 2.05) is 0 Å². The molecule has 6 atom stereocenters. The van der Waals surface area contributed by atoms with E-state index in [4.69, 9.17) is 31.5 Å². The van der Waals surface area contributed by atoms with Crippen LogP contribution in [0.4, 0.5) is 4.39 Å². The Labute approximate surface area is 224 Å². The first-order chi connectivity index (χ1) is 18.0. The van der Waals surface area contributed by atoms with Crippen molar-refractivity contribution in [2.75, 3.05) is 0 Å². The van der Waals surface area contributed by atoms with Crippen molar-refractivity contribution in [3.05, 3.63) is 29.0 Å². The second-order valence-electron chi connectivity index (χ2n) is 12.2. The summed E-state index contributed by atoms with van der Waals surface area (Å²) in [6.07, 6.45) is 5.03. The summed E-state index contributed by atoms with van der Waals surface area (Å²) in [5.74, 6) is -3.79. The lowest BCUT2D eigenvalue weighted by Crippen LogP contribution is -2.61. The topological polar surface area (TPSA) is 138 Å². The van der Waals surface area contributed by atoms with Gasteiger partial charge in [0.2, 0.25) is 12.0 Å². The zero-order chi connectivity index (χ0) is 27.0. The van der Waals surface area contributed by atoms with E-state index in [1.165, 1.54) is 13.1 Å². The van der Waals surface area contributed by atoms with E-state index in [0.717, 1.165) is 38.5 Å². The largest absolute Gasteiger partial charge is 0.479 e. The third-order valence-electron chi connectivity index (χ3n) is 9.74. The monoisotopic (exact) mass is 550 g/mol. The Morgan fingerprint density at radius 2 is 1.71 bits per heavy atom. The number of hydrogen-bond donors (Lipinski definition) is 2. The molecule has 7 rings (SSSR count). The lowest BCUT2D eigenvalue weighted by Gasteiger charge is -2.55. The van der Waals surface area contributed by atoms with Gasteiger partial charge >= 0.3 is 17.9 Å². The molecule has 6 fully saturated rings. The Bertz CT molecular complexity index is 1130. The molecule has 4 bridgehead atoms. The number of carboxylic acid groups (broad SMARTS) is 1. The molecule has 38 heavy (non-hydrogen) atoms. The molecule has 1 unspecified atom stereocenters. The second-order valence-corrected chi connectivity index (χ2v) is 12.6. The normalized spacial score (nSPS) is 42.8. The Balaban J connectivity index is 1.15. The summed E-state index contributed by atoms with van der Waals surface area (Å²) in [6.45, 7) is 1.43. The number of aromatic nitrogens is 1. The number of esters is 2. The van der Waals surface area contributed by atoms with Crippen molar-refractivity contribution < 1.29 is 38.1 Å². The first-order valence-electron chi connectivity index (χ1n) is 13.3. The molecular formula is C27H32ClFN2O7. The van der Waals surface area contributed by atoms with Gasteiger partial charge in [-0.3, -0.25) is 4.79 Å². The number of nitrogens with zero attached hydrogens (tertiary/aromatic N) is 1. The zero-order valence-corrected chi connectivity index (χ0v) is 21.9. The highest BCUT2D eigenvalue weighted by atomic mass is 35.5. The van der Waals surface area contributed by atoms with Crippen LogP contribution in [0.3, 0.4) is 0 Å². The van der Waals surface area contributed by atoms with Crippen LogP contribution in [0.5, 0.6) is 0 Å². The predicted molar refractivity (Wildman–Crippen MR) is 130 cm³/mol. The minimum atomic E-state index is -2.64. The number of fused-ring (bicyclic) bond motifs is 1. The Hall–Kier alpha value is -2.30. The van der Waals surface area contributed by atoms with Crippen LogP contribution in [0.15, 0.2) is 18.3 Å². The number of carbonyl (C=O) groups excluding carboxylic acids is 2. The number of rotatable bonds is 8. The molecule has 9 nitrogen and oxygen atoms in total. The van der Waals surface area contributed by atoms with E-state index in [2.05, 4.69) is 4.98 Å². The summed E-state index contributed by atoms with van der Waals surface area (Å²) in [4.78, 5) is 42.4. The molecule has 1 aromatic rings. The first-order valence-corrected chi connectivity index (χ1v) is 13.7. The fraction of sp³-hybridized carbons (Fsp3) is 0.704. The standard InChI is InChI=1S/C27H32ClFN2O7/c1-13(37-23(34)25-8-15-4-16(9-25)6-17(5-15)10-25)38-24(35)27(30)19(7-18-21(27)26(18,29)22(32)33)36-12-14-2-3-20(28)31-11-14/h2-3,11,13,15-19,21H,4-10,12,30H2,1H3,(H,32,33)/t13-,15?,16?,17?,18+,19?,21-,25?,26+,27-/m0/s1. The molecule has 0 radical (unpaired) electrons. The Morgan fingerprint density at radius 1 is 1.11 bits per heavy atom. The van der Waals surface area contributed by atoms with Crippen molar-refractivity contribution in [1.29, 1.82) is 0 Å². The number of alkyl halides is 1. The van der Waals surface area contributed by atoms with E-state index in [0.29, 0.717) is 28.5 Å². The first kappa shape index (κ1) is 26.0. The molecule has 0 saturated heterocycles. The Kier molecular flexibility index (Phi) is 6.05. The van der Waals surface area contributed by atoms with Crippen LogP contribution < -0.4 is 5.73 Å². The lowest BCUT2D eigenvalue weighted by molar-refractivity contribution is -0.206. The van der Waals surface area contributed by atoms with E-state index >= 15 is 4.39 Å². The fourth-order valence-electron chi connectivity index (χ4n) is 8.40. The van der Waals surface area contributed by atoms with Crippen LogP contribution in [0.25, 0.3) is 0 Å². The number of carbonyl (C=O) groups is 3. The third kappa shape index (κ3) is 3.93. The molecular weight excluding hydrogens is 519 g/mol. The number of aliphatic carboxylic acids is 1. The van der Waals surface area contributed by atoms with Crippen molar-refractivity contribution >= 4 is 29.5 Å². The number of pyridine rings is 1. The summed E-state index contributed by atoms with van der Waals surface area (Å²) in [6, 6.07) is 3.26. The van der Waals surface area contributed by atoms with Crippen LogP contribution in [0.2, 0.25) is 5.15 Å². The van der Waals surface area contributed by atoms with Gasteiger partial charge in [-0.05, 0) is 74.3 Å². The molecule has 1 heterocycles. The highest BCUT2D eigenvalue weighted by molar-refractivity contribution is 6.29. The lowest BCUT2D eigenvalue weighted by atomic mass is 9.49. The van der Waals surface area contributed by atoms with Crippen molar-refractivity contribution in [1.82, 2.24) is 4.98 Å². The Morgan fingerprint density at radius 3 is 2.26 bits per heavy atom. The SMILES string of the molecule is C[C@@H](OC(=O)C12CC3CC(CC(C3)C1)C2)OC(=O)[C@]1(N)C(OCc2ccc(Cl)nc2)C[C@@H]2[C@H]1[C@@]2(F)C(=O)O. The minimum absolute atomic E-state index is 0.00340. The van der Waals surface area contributed by atoms with Gasteiger partial charge in [-0.2, -0.15) is 0 Å². The molecule has 11 heteroatoms. The number of halogens is 2. The van der Waals surface area contributed by atoms with Crippen LogP contribution in [0, 0.1) is 35.0 Å². The molecule has 0 aromatic carbocycles. The minimum Gasteiger partial charge on any atom is -0.479 e. The maximum atomic E-state index is 15.3. The molecule has 3 N–H and O–H groups in total. The van der Waals surface area contributed by atoms with Gasteiger partial charge in [0, 0.05) is 25.0 Å². The van der Waals surface area contributed by atoms with E-state index in [-0.39, 0.29) is 19.0 Å². The quantitative estimate of drug-likeness (QED) is 0.283. The highest BCUT2D eigenvalue weighted by Crippen LogP contribution is 2.67. The van der Waals surface area contributed by atoms with Gasteiger partial charge in [0.25, 0.3) is 0 Å². The second kappa shape index (κ2) is 8.86. The van der Waals surface area contributed by atoms with Gasteiger partial charge in [-0.15, -0.1) is 0 Å². The molecule has 1 aromatic heterocycles. The third-order valence-corrected chi connectivity index (χ3v) is 9.96. The van der Waals surface area contributed by atoms with Gasteiger partial charge in [0.05, 0.1) is 18.1 Å². The molecule has 0 amide bonds. The molecule has 206 valence electrons. The summed E-state index contributed by atoms with van der Waals surface area (Å²) in [5.41, 5.74) is 1.87. The zero-order valence-electron chi connectivity index (χ0n) is 21.1. The highest BCUT2D eigenvalue weighted by Gasteiger charge is 2.85. The molecule has 6 aliphatic rings. The van der Waals surface area contributed by atoms with E-state index < -0.39 is 52.8 Å². The van der Waals surface area contributed by atoms with Gasteiger partial charge in [0.15, 0.2) is 0 Å². The molecule has 0 aliphatic heterocycles. The van der Waals surface area contributed by atoms with Gasteiger partial charge in [-0.1, -0.05) is 17.7 Å². The van der Waals surface area contributed by atoms with Crippen LogP contribution in [-0.2, 0) is 35.2 Å². The smallest absolute Gasteiger partial charge is 0.342 e. The molecule has 6 aliphatic carbocycles. The summed E-state index contributed by atoms with van der Waals surface area (Å²) in [5, 5.41) is 9.79. The van der Waals surface area contributed by atoms with Crippen molar-refractivity contribution in [3.8, 4) is 0 Å². The van der Waals surface area contributed by atoms with Gasteiger partial charge in [0.1, 0.15) is 10.7 Å². The van der Waals surface area contributed by atoms with Crippen LogP contribution >= 0.6 is 11.6 Å². The molecule has 0 spiro atoms. The van der Waals surface area contributed by atoms with Crippen molar-refractivity contribution in [3.63, 3.8) is 0 Å². The van der Waals surface area contributed by atoms with Crippen molar-refractivity contribution in [2.24, 2.45) is 40.7 Å². The maximum absolute atomic E-state index is 15.3.